The van der Waals surface area contributed by atoms with Crippen LogP contribution in [0.5, 0.6) is 0 Å². The molecule has 6 nitrogen and oxygen atoms in total. The van der Waals surface area contributed by atoms with Crippen LogP contribution in [0.2, 0.25) is 0 Å². The zero-order chi connectivity index (χ0) is 22.4. The van der Waals surface area contributed by atoms with Crippen molar-refractivity contribution in [1.29, 1.82) is 0 Å². The molecule has 2 aliphatic rings. The molecule has 3 rings (SSSR count). The second-order valence-corrected chi connectivity index (χ2v) is 11.0. The molecule has 0 amide bonds. The number of ether oxygens (including phenoxy) is 1. The lowest BCUT2D eigenvalue weighted by atomic mass is 9.80. The highest BCUT2D eigenvalue weighted by atomic mass is 16.8. The number of rotatable bonds is 4. The minimum Gasteiger partial charge on any atom is -0.459 e. The van der Waals surface area contributed by atoms with E-state index in [4.69, 9.17) is 18.8 Å². The van der Waals surface area contributed by atoms with Gasteiger partial charge in [0.15, 0.2) is 0 Å². The molecule has 0 radical (unpaired) electrons. The number of carbonyl (C=O) groups is 1. The van der Waals surface area contributed by atoms with E-state index in [0.29, 0.717) is 18.4 Å². The Balaban J connectivity index is 1.71. The molecule has 1 aromatic carbocycles. The summed E-state index contributed by atoms with van der Waals surface area (Å²) in [7, 11) is -0.786. The number of nitrogens with zero attached hydrogens (tertiary/aromatic N) is 1. The first-order valence-corrected chi connectivity index (χ1v) is 10.8. The summed E-state index contributed by atoms with van der Waals surface area (Å²) in [5, 5.41) is 1.97. The molecular weight excluding hydrogens is 381 g/mol. The number of hydrogen-bond acceptors (Lipinski definition) is 6. The van der Waals surface area contributed by atoms with Gasteiger partial charge in [0.25, 0.3) is 0 Å². The van der Waals surface area contributed by atoms with Gasteiger partial charge in [-0.3, -0.25) is 4.76 Å². The second kappa shape index (κ2) is 7.94. The van der Waals surface area contributed by atoms with Crippen molar-refractivity contribution in [3.8, 4) is 0 Å². The molecule has 0 saturated carbocycles. The van der Waals surface area contributed by atoms with Gasteiger partial charge >= 0.3 is 13.3 Å². The molecule has 2 fully saturated rings. The second-order valence-electron chi connectivity index (χ2n) is 11.0. The molecule has 0 aromatic heterocycles. The minimum atomic E-state index is -0.786. The molecule has 7 heteroatoms. The summed E-state index contributed by atoms with van der Waals surface area (Å²) < 4.78 is 24.3. The van der Waals surface area contributed by atoms with Crippen LogP contribution < -0.4 is 0 Å². The monoisotopic (exact) mass is 417 g/mol. The molecule has 0 aliphatic carbocycles. The molecule has 0 atom stereocenters. The highest BCUT2D eigenvalue weighted by Gasteiger charge is 2.53. The third-order valence-electron chi connectivity index (χ3n) is 5.71. The smallest absolute Gasteiger partial charge is 0.459 e. The predicted molar refractivity (Wildman–Crippen MR) is 117 cm³/mol. The van der Waals surface area contributed by atoms with Crippen molar-refractivity contribution in [1.82, 2.24) is 5.06 Å². The fourth-order valence-corrected chi connectivity index (χ4v) is 5.12. The Hall–Kier alpha value is -1.41. The molecule has 2 saturated heterocycles. The van der Waals surface area contributed by atoms with Crippen LogP contribution in [0.1, 0.15) is 85.0 Å². The van der Waals surface area contributed by atoms with Gasteiger partial charge in [0.05, 0.1) is 16.8 Å². The molecule has 0 N–H and O–H groups in total. The predicted octanol–water partition coefficient (Wildman–Crippen LogP) is 4.78. The summed E-state index contributed by atoms with van der Waals surface area (Å²) in [5.41, 5.74) is -0.890. The average molecular weight is 417 g/mol. The maximum Gasteiger partial charge on any atom is 0.658 e. The maximum atomic E-state index is 12.6. The summed E-state index contributed by atoms with van der Waals surface area (Å²) >= 11 is 0. The molecule has 2 heterocycles. The average Bonchev–Trinajstić information content (AvgIpc) is 2.55. The van der Waals surface area contributed by atoms with E-state index in [-0.39, 0.29) is 34.4 Å². The van der Waals surface area contributed by atoms with Crippen LogP contribution in [0.25, 0.3) is 0 Å². The lowest BCUT2D eigenvalue weighted by Gasteiger charge is -2.55. The number of carbonyl (C=O) groups excluding carboxylic acids is 1. The van der Waals surface area contributed by atoms with Gasteiger partial charge in [0.1, 0.15) is 6.10 Å². The number of hydrogen-bond donors (Lipinski definition) is 0. The highest BCUT2D eigenvalue weighted by molar-refractivity contribution is 6.36. The van der Waals surface area contributed by atoms with E-state index in [1.807, 2.05) is 23.3 Å². The third kappa shape index (κ3) is 5.44. The van der Waals surface area contributed by atoms with Gasteiger partial charge in [-0.1, -0.05) is 18.2 Å². The van der Waals surface area contributed by atoms with Gasteiger partial charge in [-0.05, 0) is 67.5 Å². The Morgan fingerprint density at radius 2 is 1.43 bits per heavy atom. The van der Waals surface area contributed by atoms with E-state index in [0.717, 1.165) is 6.42 Å². The van der Waals surface area contributed by atoms with E-state index in [9.17, 15) is 4.79 Å². The van der Waals surface area contributed by atoms with Crippen molar-refractivity contribution in [2.75, 3.05) is 0 Å². The fourth-order valence-electron chi connectivity index (χ4n) is 5.12. The van der Waals surface area contributed by atoms with Crippen LogP contribution in [-0.4, -0.2) is 46.7 Å². The normalized spacial score (nSPS) is 25.7. The molecule has 1 aromatic rings. The molecule has 0 unspecified atom stereocenters. The Morgan fingerprint density at radius 1 is 0.933 bits per heavy atom. The summed E-state index contributed by atoms with van der Waals surface area (Å²) in [4.78, 5) is 12.6. The number of piperidine rings is 1. The van der Waals surface area contributed by atoms with Crippen molar-refractivity contribution in [2.45, 2.75) is 103 Å². The van der Waals surface area contributed by atoms with Crippen LogP contribution in [0.3, 0.4) is 0 Å². The van der Waals surface area contributed by atoms with E-state index in [1.54, 1.807) is 12.1 Å². The standard InChI is InChI=1S/C23H36BNO5/c1-20(2)14-18(27-19(26)17-12-10-9-11-13-17)15-21(3,4)25(20)30-24-28-22(5,6)16-23(7,8)29-24/h9-13,18H,14-16H2,1-8H3. The lowest BCUT2D eigenvalue weighted by Crippen LogP contribution is -2.65. The van der Waals surface area contributed by atoms with Crippen LogP contribution in [-0.2, 0) is 18.8 Å². The number of hydroxylamine groups is 2. The Bertz CT molecular complexity index is 728. The van der Waals surface area contributed by atoms with Crippen LogP contribution >= 0.6 is 0 Å². The Morgan fingerprint density at radius 3 is 1.93 bits per heavy atom. The fraction of sp³-hybridized carbons (Fsp3) is 0.696. The van der Waals surface area contributed by atoms with Crippen molar-refractivity contribution in [2.24, 2.45) is 0 Å². The first-order valence-electron chi connectivity index (χ1n) is 10.8. The zero-order valence-corrected chi connectivity index (χ0v) is 19.7. The van der Waals surface area contributed by atoms with Crippen molar-refractivity contribution >= 4 is 13.3 Å². The lowest BCUT2D eigenvalue weighted by molar-refractivity contribution is -0.270. The van der Waals surface area contributed by atoms with Gasteiger partial charge in [-0.15, -0.1) is 0 Å². The Labute approximate surface area is 181 Å². The maximum absolute atomic E-state index is 12.6. The van der Waals surface area contributed by atoms with Crippen LogP contribution in [0.4, 0.5) is 0 Å². The van der Waals surface area contributed by atoms with Crippen molar-refractivity contribution < 1.29 is 23.6 Å². The zero-order valence-electron chi connectivity index (χ0n) is 19.7. The first kappa shape index (κ1) is 23.3. The summed E-state index contributed by atoms with van der Waals surface area (Å²) in [5.74, 6) is -0.288. The molecule has 30 heavy (non-hydrogen) atoms. The van der Waals surface area contributed by atoms with Crippen molar-refractivity contribution in [3.63, 3.8) is 0 Å². The minimum absolute atomic E-state index is 0.205. The third-order valence-corrected chi connectivity index (χ3v) is 5.71. The van der Waals surface area contributed by atoms with Gasteiger partial charge in [0.2, 0.25) is 0 Å². The molecule has 166 valence electrons. The quantitative estimate of drug-likeness (QED) is 0.519. The van der Waals surface area contributed by atoms with E-state index in [1.165, 1.54) is 0 Å². The van der Waals surface area contributed by atoms with Gasteiger partial charge in [-0.25, -0.2) is 4.79 Å². The number of esters is 1. The van der Waals surface area contributed by atoms with Crippen molar-refractivity contribution in [3.05, 3.63) is 35.9 Å². The van der Waals surface area contributed by atoms with Crippen LogP contribution in [0, 0.1) is 0 Å². The topological polar surface area (TPSA) is 57.2 Å². The molecular formula is C23H36BNO5. The van der Waals surface area contributed by atoms with E-state index in [2.05, 4.69) is 55.4 Å². The van der Waals surface area contributed by atoms with Gasteiger partial charge in [-0.2, -0.15) is 5.06 Å². The summed E-state index contributed by atoms with van der Waals surface area (Å²) in [6.07, 6.45) is 1.87. The highest BCUT2D eigenvalue weighted by Crippen LogP contribution is 2.42. The largest absolute Gasteiger partial charge is 0.658 e. The van der Waals surface area contributed by atoms with Gasteiger partial charge < -0.3 is 14.0 Å². The van der Waals surface area contributed by atoms with Crippen LogP contribution in [0.15, 0.2) is 30.3 Å². The van der Waals surface area contributed by atoms with E-state index < -0.39 is 7.32 Å². The molecule has 0 spiro atoms. The number of benzene rings is 1. The summed E-state index contributed by atoms with van der Waals surface area (Å²) in [6.45, 7) is 16.6. The molecule has 2 aliphatic heterocycles. The molecule has 0 bridgehead atoms. The van der Waals surface area contributed by atoms with E-state index >= 15 is 0 Å². The Kier molecular flexibility index (Phi) is 6.15. The SMILES string of the molecule is CC1(C)CC(C)(C)OB(ON2C(C)(C)CC(OC(=O)c3ccccc3)CC2(C)C)O1. The first-order chi connectivity index (χ1) is 13.7. The van der Waals surface area contributed by atoms with Gasteiger partial charge in [0, 0.05) is 30.3 Å². The summed E-state index contributed by atoms with van der Waals surface area (Å²) in [6, 6.07) is 9.12.